The maximum atomic E-state index is 14.5. The molecule has 2 heterocycles. The Morgan fingerprint density at radius 3 is 2.45 bits per heavy atom. The summed E-state index contributed by atoms with van der Waals surface area (Å²) in [5.74, 6) is -3.88. The molecule has 0 saturated heterocycles. The first-order valence-electron chi connectivity index (χ1n) is 10.2. The number of imidazole rings is 1. The van der Waals surface area contributed by atoms with Crippen molar-refractivity contribution in [3.05, 3.63) is 89.0 Å². The van der Waals surface area contributed by atoms with Crippen molar-refractivity contribution < 1.29 is 26.7 Å². The van der Waals surface area contributed by atoms with E-state index in [2.05, 4.69) is 15.2 Å². The second-order valence-electron chi connectivity index (χ2n) is 8.00. The van der Waals surface area contributed by atoms with Crippen LogP contribution in [0.1, 0.15) is 39.0 Å². The largest absolute Gasteiger partial charge is 0.416 e. The molecule has 0 saturated carbocycles. The average Bonchev–Trinajstić information content (AvgIpc) is 3.20. The van der Waals surface area contributed by atoms with Gasteiger partial charge < -0.3 is 9.88 Å². The normalized spacial score (nSPS) is 17.0. The third kappa shape index (κ3) is 4.90. The number of benzene rings is 2. The van der Waals surface area contributed by atoms with Gasteiger partial charge in [-0.3, -0.25) is 9.69 Å². The van der Waals surface area contributed by atoms with Crippen LogP contribution in [-0.4, -0.2) is 34.0 Å². The number of alkyl halides is 5. The fraction of sp³-hybridized carbons (Fsp3) is 0.304. The van der Waals surface area contributed by atoms with Crippen molar-refractivity contribution in [3.63, 3.8) is 0 Å². The van der Waals surface area contributed by atoms with E-state index >= 15 is 0 Å². The summed E-state index contributed by atoms with van der Waals surface area (Å²) in [5, 5.41) is 2.10. The van der Waals surface area contributed by atoms with Crippen molar-refractivity contribution >= 4 is 5.91 Å². The number of nitrogens with zero attached hydrogens (tertiary/aromatic N) is 3. The Morgan fingerprint density at radius 2 is 1.76 bits per heavy atom. The van der Waals surface area contributed by atoms with Gasteiger partial charge in [0.05, 0.1) is 24.7 Å². The third-order valence-corrected chi connectivity index (χ3v) is 5.65. The van der Waals surface area contributed by atoms with Gasteiger partial charge in [-0.2, -0.15) is 22.0 Å². The van der Waals surface area contributed by atoms with Gasteiger partial charge in [0.2, 0.25) is 0 Å². The molecule has 1 unspecified atom stereocenters. The predicted molar refractivity (Wildman–Crippen MR) is 111 cm³/mol. The number of rotatable bonds is 5. The second kappa shape index (κ2) is 8.58. The Balaban J connectivity index is 1.45. The Bertz CT molecular complexity index is 1140. The summed E-state index contributed by atoms with van der Waals surface area (Å²) in [7, 11) is 1.94. The lowest BCUT2D eigenvalue weighted by atomic mass is 10.0. The molecular formula is C23H21F5N4O. The number of hydrogen-bond donors (Lipinski definition) is 1. The molecule has 0 fully saturated rings. The molecule has 0 spiro atoms. The molecule has 1 aromatic heterocycles. The Labute approximate surface area is 186 Å². The molecule has 1 atom stereocenters. The monoisotopic (exact) mass is 464 g/mol. The standard InChI is InChI=1S/C23H21F5N4O/c1-31-13-20-30-18(11-32(20)12-19(31)15-6-3-2-4-7-15)21(33)29-14-22(24,25)16-8-5-9-17(10-16)23(26,27)28/h2-11,19H,12-14H2,1H3,(H,29,33). The van der Waals surface area contributed by atoms with Crippen molar-refractivity contribution in [2.75, 3.05) is 13.6 Å². The van der Waals surface area contributed by atoms with Crippen molar-refractivity contribution in [2.24, 2.45) is 0 Å². The van der Waals surface area contributed by atoms with Crippen molar-refractivity contribution in [2.45, 2.75) is 31.2 Å². The first kappa shape index (κ1) is 22.9. The minimum Gasteiger partial charge on any atom is -0.344 e. The van der Waals surface area contributed by atoms with E-state index in [9.17, 15) is 26.7 Å². The van der Waals surface area contributed by atoms with Gasteiger partial charge in [-0.15, -0.1) is 0 Å². The molecule has 0 aliphatic carbocycles. The highest BCUT2D eigenvalue weighted by Crippen LogP contribution is 2.34. The zero-order chi connectivity index (χ0) is 23.8. The fourth-order valence-electron chi connectivity index (χ4n) is 3.85. The Hall–Kier alpha value is -3.27. The molecule has 1 aliphatic heterocycles. The summed E-state index contributed by atoms with van der Waals surface area (Å²) in [6.07, 6.45) is -3.23. The number of carbonyl (C=O) groups excluding carboxylic acids is 1. The van der Waals surface area contributed by atoms with Gasteiger partial charge in [0.25, 0.3) is 11.8 Å². The third-order valence-electron chi connectivity index (χ3n) is 5.65. The summed E-state index contributed by atoms with van der Waals surface area (Å²) >= 11 is 0. The second-order valence-corrected chi connectivity index (χ2v) is 8.00. The van der Waals surface area contributed by atoms with Gasteiger partial charge in [0.15, 0.2) is 0 Å². The van der Waals surface area contributed by atoms with Gasteiger partial charge in [-0.05, 0) is 24.7 Å². The molecule has 0 bridgehead atoms. The molecule has 10 heteroatoms. The molecular weight excluding hydrogens is 443 g/mol. The van der Waals surface area contributed by atoms with Crippen LogP contribution in [0.2, 0.25) is 0 Å². The minimum absolute atomic E-state index is 0.0213. The quantitative estimate of drug-likeness (QED) is 0.561. The van der Waals surface area contributed by atoms with E-state index in [1.165, 1.54) is 6.20 Å². The van der Waals surface area contributed by atoms with E-state index in [4.69, 9.17) is 0 Å². The van der Waals surface area contributed by atoms with Crippen molar-refractivity contribution in [3.8, 4) is 0 Å². The Morgan fingerprint density at radius 1 is 1.06 bits per heavy atom. The Kier molecular flexibility index (Phi) is 5.96. The van der Waals surface area contributed by atoms with Crippen LogP contribution in [0.4, 0.5) is 22.0 Å². The molecule has 33 heavy (non-hydrogen) atoms. The van der Waals surface area contributed by atoms with Gasteiger partial charge >= 0.3 is 6.18 Å². The number of amides is 1. The number of likely N-dealkylation sites (N-methyl/N-ethyl adjacent to an activating group) is 1. The summed E-state index contributed by atoms with van der Waals surface area (Å²) in [5.41, 5.74) is -0.919. The van der Waals surface area contributed by atoms with Gasteiger partial charge in [0.1, 0.15) is 11.5 Å². The topological polar surface area (TPSA) is 50.2 Å². The maximum Gasteiger partial charge on any atom is 0.416 e. The number of nitrogens with one attached hydrogen (secondary N) is 1. The molecule has 3 aromatic rings. The van der Waals surface area contributed by atoms with Crippen LogP contribution in [0.3, 0.4) is 0 Å². The van der Waals surface area contributed by atoms with Crippen molar-refractivity contribution in [1.29, 1.82) is 0 Å². The number of hydrogen-bond acceptors (Lipinski definition) is 3. The van der Waals surface area contributed by atoms with Gasteiger partial charge in [-0.1, -0.05) is 42.5 Å². The van der Waals surface area contributed by atoms with Crippen LogP contribution in [0.5, 0.6) is 0 Å². The highest BCUT2D eigenvalue weighted by molar-refractivity contribution is 5.92. The number of carbonyl (C=O) groups is 1. The minimum atomic E-state index is -4.74. The highest BCUT2D eigenvalue weighted by atomic mass is 19.4. The van der Waals surface area contributed by atoms with E-state index in [0.29, 0.717) is 31.0 Å². The summed E-state index contributed by atoms with van der Waals surface area (Å²) in [4.78, 5) is 18.8. The molecule has 1 N–H and O–H groups in total. The van der Waals surface area contributed by atoms with E-state index in [-0.39, 0.29) is 11.7 Å². The number of halogens is 5. The van der Waals surface area contributed by atoms with E-state index < -0.39 is 35.7 Å². The van der Waals surface area contributed by atoms with Crippen LogP contribution in [0.25, 0.3) is 0 Å². The van der Waals surface area contributed by atoms with Crippen LogP contribution in [-0.2, 0) is 25.2 Å². The smallest absolute Gasteiger partial charge is 0.344 e. The lowest BCUT2D eigenvalue weighted by molar-refractivity contribution is -0.137. The number of aromatic nitrogens is 2. The zero-order valence-electron chi connectivity index (χ0n) is 17.6. The molecule has 4 rings (SSSR count). The molecule has 174 valence electrons. The highest BCUT2D eigenvalue weighted by Gasteiger charge is 2.37. The molecule has 1 amide bonds. The maximum absolute atomic E-state index is 14.5. The lowest BCUT2D eigenvalue weighted by Crippen LogP contribution is -2.35. The summed E-state index contributed by atoms with van der Waals surface area (Å²) in [6, 6.07) is 12.8. The molecule has 5 nitrogen and oxygen atoms in total. The average molecular weight is 464 g/mol. The van der Waals surface area contributed by atoms with E-state index in [1.54, 1.807) is 0 Å². The SMILES string of the molecule is CN1Cc2nc(C(=O)NCC(F)(F)c3cccc(C(F)(F)F)c3)cn2CC1c1ccccc1. The van der Waals surface area contributed by atoms with Crippen molar-refractivity contribution in [1.82, 2.24) is 19.8 Å². The first-order chi connectivity index (χ1) is 15.5. The lowest BCUT2D eigenvalue weighted by Gasteiger charge is -2.33. The van der Waals surface area contributed by atoms with E-state index in [1.807, 2.05) is 41.9 Å². The van der Waals surface area contributed by atoms with Crippen LogP contribution < -0.4 is 5.32 Å². The number of fused-ring (bicyclic) bond motifs is 1. The van der Waals surface area contributed by atoms with Gasteiger partial charge in [-0.25, -0.2) is 4.98 Å². The fourth-order valence-corrected chi connectivity index (χ4v) is 3.85. The van der Waals surface area contributed by atoms with Crippen LogP contribution in [0, 0.1) is 0 Å². The zero-order valence-corrected chi connectivity index (χ0v) is 17.6. The summed E-state index contributed by atoms with van der Waals surface area (Å²) in [6.45, 7) is -0.147. The molecule has 2 aromatic carbocycles. The van der Waals surface area contributed by atoms with Gasteiger partial charge in [0, 0.05) is 18.3 Å². The first-order valence-corrected chi connectivity index (χ1v) is 10.2. The van der Waals surface area contributed by atoms with E-state index in [0.717, 1.165) is 17.7 Å². The molecule has 0 radical (unpaired) electrons. The van der Waals surface area contributed by atoms with Crippen LogP contribution >= 0.6 is 0 Å². The predicted octanol–water partition coefficient (Wildman–Crippen LogP) is 4.61. The van der Waals surface area contributed by atoms with Crippen LogP contribution in [0.15, 0.2) is 60.8 Å². The molecule has 1 aliphatic rings. The summed E-state index contributed by atoms with van der Waals surface area (Å²) < 4.78 is 69.3.